The third kappa shape index (κ3) is 5.37. The molecular weight excluding hydrogens is 452 g/mol. The fourth-order valence-electron chi connectivity index (χ4n) is 3.23. The molecule has 0 aliphatic rings. The minimum Gasteiger partial charge on any atom is -0.478 e. The molecule has 174 valence electrons. The van der Waals surface area contributed by atoms with E-state index in [0.717, 1.165) is 0 Å². The summed E-state index contributed by atoms with van der Waals surface area (Å²) in [6, 6.07) is 17.2. The average Bonchev–Trinajstić information content (AvgIpc) is 2.84. The largest absolute Gasteiger partial charge is 0.478 e. The van der Waals surface area contributed by atoms with Gasteiger partial charge in [-0.05, 0) is 36.4 Å². The molecular formula is C24H18N6O5. The number of aromatic nitrogens is 2. The predicted molar refractivity (Wildman–Crippen MR) is 132 cm³/mol. The van der Waals surface area contributed by atoms with Crippen molar-refractivity contribution in [1.29, 1.82) is 0 Å². The van der Waals surface area contributed by atoms with Crippen molar-refractivity contribution in [2.75, 3.05) is 10.9 Å². The number of pyridine rings is 2. The van der Waals surface area contributed by atoms with Crippen LogP contribution in [-0.4, -0.2) is 44.5 Å². The first kappa shape index (κ1) is 22.9. The normalized spacial score (nSPS) is 11.2. The van der Waals surface area contributed by atoms with E-state index in [0.29, 0.717) is 33.7 Å². The van der Waals surface area contributed by atoms with Crippen LogP contribution in [0.25, 0.3) is 11.0 Å². The number of aromatic carboxylic acids is 2. The highest BCUT2D eigenvalue weighted by atomic mass is 16.4. The highest BCUT2D eigenvalue weighted by molar-refractivity contribution is 6.00. The first-order valence-electron chi connectivity index (χ1n) is 10.2. The summed E-state index contributed by atoms with van der Waals surface area (Å²) in [6.07, 6.45) is 2.83. The molecule has 0 bridgehead atoms. The van der Waals surface area contributed by atoms with Gasteiger partial charge in [-0.3, -0.25) is 15.6 Å². The number of carbonyl (C=O) groups is 2. The Hall–Kier alpha value is -5.32. The molecule has 0 amide bonds. The van der Waals surface area contributed by atoms with Crippen LogP contribution in [0.3, 0.4) is 0 Å². The van der Waals surface area contributed by atoms with Crippen LogP contribution in [0.4, 0.5) is 11.4 Å². The number of nitrogens with zero attached hydrogens (tertiary/aromatic N) is 3. The van der Waals surface area contributed by atoms with Crippen LogP contribution in [0, 0.1) is 0 Å². The minimum absolute atomic E-state index is 0.0565. The molecule has 2 heterocycles. The number of benzene rings is 2. The molecule has 11 nitrogen and oxygen atoms in total. The lowest BCUT2D eigenvalue weighted by atomic mass is 10.1. The zero-order valence-corrected chi connectivity index (χ0v) is 18.0. The number of carboxylic acids is 2. The molecule has 4 aromatic rings. The highest BCUT2D eigenvalue weighted by Gasteiger charge is 2.09. The van der Waals surface area contributed by atoms with Gasteiger partial charge in [0.2, 0.25) is 5.56 Å². The number of hydrazone groups is 2. The zero-order chi connectivity index (χ0) is 24.8. The van der Waals surface area contributed by atoms with Crippen LogP contribution in [0.5, 0.6) is 0 Å². The first-order chi connectivity index (χ1) is 16.9. The molecule has 0 spiro atoms. The fraction of sp³-hybridized carbons (Fsp3) is 0. The van der Waals surface area contributed by atoms with Gasteiger partial charge in [0.1, 0.15) is 5.65 Å². The molecule has 11 heteroatoms. The van der Waals surface area contributed by atoms with E-state index in [9.17, 15) is 24.6 Å². The lowest BCUT2D eigenvalue weighted by Gasteiger charge is -2.06. The molecule has 5 N–H and O–H groups in total. The van der Waals surface area contributed by atoms with Gasteiger partial charge in [-0.15, -0.1) is 0 Å². The average molecular weight is 470 g/mol. The van der Waals surface area contributed by atoms with Gasteiger partial charge >= 0.3 is 11.9 Å². The van der Waals surface area contributed by atoms with Crippen molar-refractivity contribution in [2.24, 2.45) is 10.2 Å². The van der Waals surface area contributed by atoms with Crippen LogP contribution in [0.2, 0.25) is 0 Å². The van der Waals surface area contributed by atoms with Gasteiger partial charge in [0.05, 0.1) is 40.6 Å². The van der Waals surface area contributed by atoms with Crippen molar-refractivity contribution in [3.8, 4) is 0 Å². The van der Waals surface area contributed by atoms with Gasteiger partial charge in [-0.25, -0.2) is 14.6 Å². The van der Waals surface area contributed by atoms with E-state index in [2.05, 4.69) is 31.0 Å². The number of aromatic amines is 1. The molecule has 0 aliphatic carbocycles. The molecule has 0 unspecified atom stereocenters. The monoisotopic (exact) mass is 470 g/mol. The maximum Gasteiger partial charge on any atom is 0.337 e. The molecule has 0 radical (unpaired) electrons. The van der Waals surface area contributed by atoms with Gasteiger partial charge in [-0.1, -0.05) is 24.3 Å². The summed E-state index contributed by atoms with van der Waals surface area (Å²) in [4.78, 5) is 41.6. The molecule has 0 saturated carbocycles. The molecule has 0 saturated heterocycles. The fourth-order valence-corrected chi connectivity index (χ4v) is 3.23. The summed E-state index contributed by atoms with van der Waals surface area (Å²) >= 11 is 0. The number of rotatable bonds is 8. The Morgan fingerprint density at radius 3 is 2.00 bits per heavy atom. The quantitative estimate of drug-likeness (QED) is 0.193. The van der Waals surface area contributed by atoms with Crippen LogP contribution in [0.15, 0.2) is 81.7 Å². The summed E-state index contributed by atoms with van der Waals surface area (Å²) in [7, 11) is 0. The number of hydrogen-bond donors (Lipinski definition) is 5. The maximum absolute atomic E-state index is 11.8. The zero-order valence-electron chi connectivity index (χ0n) is 18.0. The molecule has 0 aliphatic heterocycles. The van der Waals surface area contributed by atoms with Crippen molar-refractivity contribution >= 4 is 46.8 Å². The van der Waals surface area contributed by atoms with Gasteiger partial charge in [-0.2, -0.15) is 10.2 Å². The minimum atomic E-state index is -1.10. The Bertz CT molecular complexity index is 1540. The lowest BCUT2D eigenvalue weighted by molar-refractivity contribution is 0.0687. The van der Waals surface area contributed by atoms with Gasteiger partial charge < -0.3 is 15.2 Å². The summed E-state index contributed by atoms with van der Waals surface area (Å²) in [6.45, 7) is 0. The first-order valence-corrected chi connectivity index (χ1v) is 10.2. The Kier molecular flexibility index (Phi) is 6.59. The number of anilines is 2. The molecule has 35 heavy (non-hydrogen) atoms. The van der Waals surface area contributed by atoms with E-state index in [-0.39, 0.29) is 16.7 Å². The maximum atomic E-state index is 11.8. The summed E-state index contributed by atoms with van der Waals surface area (Å²) in [5.74, 6) is -2.19. The molecule has 0 fully saturated rings. The van der Waals surface area contributed by atoms with E-state index in [4.69, 9.17) is 0 Å². The van der Waals surface area contributed by atoms with Crippen LogP contribution < -0.4 is 16.4 Å². The molecule has 2 aromatic heterocycles. The third-order valence-corrected chi connectivity index (χ3v) is 4.84. The number of para-hydroxylation sites is 2. The number of carboxylic acid groups (broad SMARTS) is 2. The summed E-state index contributed by atoms with van der Waals surface area (Å²) < 4.78 is 0. The van der Waals surface area contributed by atoms with E-state index in [1.807, 2.05) is 0 Å². The Morgan fingerprint density at radius 1 is 0.829 bits per heavy atom. The Balaban J connectivity index is 1.64. The van der Waals surface area contributed by atoms with Crippen molar-refractivity contribution in [3.05, 3.63) is 99.5 Å². The number of hydrogen-bond acceptors (Lipinski definition) is 8. The van der Waals surface area contributed by atoms with Gasteiger partial charge in [0, 0.05) is 17.0 Å². The lowest BCUT2D eigenvalue weighted by Crippen LogP contribution is -2.07. The van der Waals surface area contributed by atoms with E-state index in [1.54, 1.807) is 48.5 Å². The summed E-state index contributed by atoms with van der Waals surface area (Å²) in [5.41, 5.74) is 6.99. The van der Waals surface area contributed by atoms with E-state index < -0.39 is 11.9 Å². The number of fused-ring (bicyclic) bond motifs is 1. The topological polar surface area (TPSA) is 169 Å². The van der Waals surface area contributed by atoms with Crippen LogP contribution in [-0.2, 0) is 0 Å². The second-order valence-corrected chi connectivity index (χ2v) is 7.16. The van der Waals surface area contributed by atoms with E-state index >= 15 is 0 Å². The summed E-state index contributed by atoms with van der Waals surface area (Å²) in [5, 5.41) is 27.4. The Morgan fingerprint density at radius 2 is 1.40 bits per heavy atom. The third-order valence-electron chi connectivity index (χ3n) is 4.84. The second-order valence-electron chi connectivity index (χ2n) is 7.16. The van der Waals surface area contributed by atoms with Crippen molar-refractivity contribution < 1.29 is 19.8 Å². The van der Waals surface area contributed by atoms with Crippen LogP contribution >= 0.6 is 0 Å². The van der Waals surface area contributed by atoms with E-state index in [1.165, 1.54) is 30.6 Å². The van der Waals surface area contributed by atoms with Gasteiger partial charge in [0.25, 0.3) is 0 Å². The second kappa shape index (κ2) is 10.1. The number of nitrogens with one attached hydrogen (secondary N) is 3. The molecule has 4 rings (SSSR count). The molecule has 0 atom stereocenters. The highest BCUT2D eigenvalue weighted by Crippen LogP contribution is 2.17. The van der Waals surface area contributed by atoms with Crippen molar-refractivity contribution in [1.82, 2.24) is 9.97 Å². The van der Waals surface area contributed by atoms with Crippen molar-refractivity contribution in [2.45, 2.75) is 0 Å². The smallest absolute Gasteiger partial charge is 0.337 e. The van der Waals surface area contributed by atoms with Crippen LogP contribution in [0.1, 0.15) is 32.0 Å². The molecule has 2 aromatic carbocycles. The van der Waals surface area contributed by atoms with Gasteiger partial charge in [0.15, 0.2) is 0 Å². The van der Waals surface area contributed by atoms with Crippen molar-refractivity contribution in [3.63, 3.8) is 0 Å². The Labute approximate surface area is 197 Å². The SMILES string of the molecule is O=C(O)c1ccccc1NN=Cc1cc(C=NNc2ccccc2C(=O)O)c2ccc(=O)[nH]c2n1. The standard InChI is InChI=1S/C24H18N6O5/c31-21-10-9-16-14(12-25-29-19-7-3-1-5-17(19)23(32)33)11-15(27-22(16)28-21)13-26-30-20-8-4-2-6-18(20)24(34)35/h1-13,29-30H,(H,32,33)(H,34,35)(H,27,28,31). The predicted octanol–water partition coefficient (Wildman–Crippen LogP) is 3.21. The number of H-pyrrole nitrogens is 1.